The molecule has 0 saturated carbocycles. The van der Waals surface area contributed by atoms with Crippen molar-refractivity contribution in [1.29, 1.82) is 0 Å². The number of aromatic nitrogens is 1. The molecule has 1 aromatic heterocycles. The lowest BCUT2D eigenvalue weighted by atomic mass is 10.1. The molecule has 7 N–H and O–H groups in total. The largest absolute Gasteiger partial charge is 0.357 e. The van der Waals surface area contributed by atoms with Crippen molar-refractivity contribution in [2.45, 2.75) is 19.3 Å². The highest BCUT2D eigenvalue weighted by molar-refractivity contribution is 6.36. The SMILES string of the molecule is NNC(=O)CCCc1[nH]c2ccc(C(=O)NN)cc2c1Cl. The van der Waals surface area contributed by atoms with E-state index in [-0.39, 0.29) is 11.8 Å². The number of amides is 2. The second kappa shape index (κ2) is 6.57. The first kappa shape index (κ1) is 15.3. The number of H-pyrrole nitrogens is 1. The number of hydrogen-bond acceptors (Lipinski definition) is 4. The van der Waals surface area contributed by atoms with Gasteiger partial charge in [0.1, 0.15) is 0 Å². The van der Waals surface area contributed by atoms with Crippen LogP contribution in [0.15, 0.2) is 18.2 Å². The second-order valence-corrected chi connectivity index (χ2v) is 4.95. The van der Waals surface area contributed by atoms with Crippen molar-refractivity contribution in [1.82, 2.24) is 15.8 Å². The molecule has 0 radical (unpaired) electrons. The number of nitrogens with two attached hydrogens (primary N) is 2. The molecule has 8 heteroatoms. The summed E-state index contributed by atoms with van der Waals surface area (Å²) >= 11 is 6.31. The van der Waals surface area contributed by atoms with E-state index in [0.717, 1.165) is 16.6 Å². The monoisotopic (exact) mass is 309 g/mol. The van der Waals surface area contributed by atoms with Crippen LogP contribution in [-0.2, 0) is 11.2 Å². The first-order valence-corrected chi connectivity index (χ1v) is 6.75. The highest BCUT2D eigenvalue weighted by atomic mass is 35.5. The summed E-state index contributed by atoms with van der Waals surface area (Å²) in [6, 6.07) is 5.09. The third kappa shape index (κ3) is 3.33. The van der Waals surface area contributed by atoms with Crippen molar-refractivity contribution in [3.05, 3.63) is 34.5 Å². The molecule has 0 unspecified atom stereocenters. The normalized spacial score (nSPS) is 10.6. The van der Waals surface area contributed by atoms with E-state index in [1.807, 2.05) is 0 Å². The summed E-state index contributed by atoms with van der Waals surface area (Å²) in [6.45, 7) is 0. The van der Waals surface area contributed by atoms with Crippen LogP contribution in [0.4, 0.5) is 0 Å². The van der Waals surface area contributed by atoms with E-state index >= 15 is 0 Å². The lowest BCUT2D eigenvalue weighted by Gasteiger charge is -2.00. The van der Waals surface area contributed by atoms with Gasteiger partial charge in [-0.15, -0.1) is 0 Å². The van der Waals surface area contributed by atoms with Gasteiger partial charge in [-0.1, -0.05) is 11.6 Å². The summed E-state index contributed by atoms with van der Waals surface area (Å²) < 4.78 is 0. The maximum atomic E-state index is 11.5. The Labute approximate surface area is 125 Å². The molecule has 2 amide bonds. The molecule has 21 heavy (non-hydrogen) atoms. The highest BCUT2D eigenvalue weighted by Gasteiger charge is 2.12. The molecule has 112 valence electrons. The van der Waals surface area contributed by atoms with Crippen LogP contribution in [0.2, 0.25) is 5.02 Å². The third-order valence-electron chi connectivity index (χ3n) is 3.19. The van der Waals surface area contributed by atoms with Gasteiger partial charge in [0.05, 0.1) is 5.02 Å². The highest BCUT2D eigenvalue weighted by Crippen LogP contribution is 2.29. The number of benzene rings is 1. The molecule has 7 nitrogen and oxygen atoms in total. The average molecular weight is 310 g/mol. The second-order valence-electron chi connectivity index (χ2n) is 4.57. The maximum absolute atomic E-state index is 11.5. The molecule has 0 aliphatic heterocycles. The van der Waals surface area contributed by atoms with E-state index in [0.29, 0.717) is 29.8 Å². The van der Waals surface area contributed by atoms with E-state index in [1.165, 1.54) is 0 Å². The van der Waals surface area contributed by atoms with Gasteiger partial charge in [0, 0.05) is 28.6 Å². The van der Waals surface area contributed by atoms with Crippen molar-refractivity contribution in [2.24, 2.45) is 11.7 Å². The lowest BCUT2D eigenvalue weighted by molar-refractivity contribution is -0.121. The van der Waals surface area contributed by atoms with Crippen LogP contribution < -0.4 is 22.5 Å². The molecule has 1 heterocycles. The van der Waals surface area contributed by atoms with Gasteiger partial charge in [-0.05, 0) is 31.0 Å². The molecule has 0 aliphatic carbocycles. The van der Waals surface area contributed by atoms with Gasteiger partial charge in [-0.2, -0.15) is 0 Å². The number of hydrogen-bond donors (Lipinski definition) is 5. The van der Waals surface area contributed by atoms with Crippen molar-refractivity contribution >= 4 is 34.3 Å². The lowest BCUT2D eigenvalue weighted by Crippen LogP contribution is -2.29. The number of rotatable bonds is 5. The molecular formula is C13H16ClN5O2. The zero-order chi connectivity index (χ0) is 15.4. The maximum Gasteiger partial charge on any atom is 0.265 e. The van der Waals surface area contributed by atoms with Crippen LogP contribution in [0.25, 0.3) is 10.9 Å². The summed E-state index contributed by atoms with van der Waals surface area (Å²) in [5.74, 6) is 9.53. The fourth-order valence-corrected chi connectivity index (χ4v) is 2.41. The molecule has 0 fully saturated rings. The van der Waals surface area contributed by atoms with Crippen LogP contribution in [-0.4, -0.2) is 16.8 Å². The quantitative estimate of drug-likeness (QED) is 0.317. The van der Waals surface area contributed by atoms with Crippen molar-refractivity contribution < 1.29 is 9.59 Å². The molecular weight excluding hydrogens is 294 g/mol. The predicted octanol–water partition coefficient (Wildman–Crippen LogP) is 0.737. The van der Waals surface area contributed by atoms with E-state index in [9.17, 15) is 9.59 Å². The number of halogens is 1. The Hall–Kier alpha value is -2.09. The van der Waals surface area contributed by atoms with Crippen molar-refractivity contribution in [3.63, 3.8) is 0 Å². The number of carbonyl (C=O) groups is 2. The van der Waals surface area contributed by atoms with Crippen LogP contribution in [0.5, 0.6) is 0 Å². The molecule has 0 saturated heterocycles. The summed E-state index contributed by atoms with van der Waals surface area (Å²) in [6.07, 6.45) is 1.55. The number of aryl methyl sites for hydroxylation is 1. The van der Waals surface area contributed by atoms with Crippen LogP contribution in [0.1, 0.15) is 28.9 Å². The van der Waals surface area contributed by atoms with E-state index in [2.05, 4.69) is 15.8 Å². The topological polar surface area (TPSA) is 126 Å². The van der Waals surface area contributed by atoms with Crippen molar-refractivity contribution in [3.8, 4) is 0 Å². The average Bonchev–Trinajstić information content (AvgIpc) is 2.82. The van der Waals surface area contributed by atoms with E-state index in [4.69, 9.17) is 23.3 Å². The van der Waals surface area contributed by atoms with Crippen molar-refractivity contribution in [2.75, 3.05) is 0 Å². The molecule has 0 spiro atoms. The molecule has 2 rings (SSSR count). The molecule has 0 bridgehead atoms. The minimum atomic E-state index is -0.379. The Kier molecular flexibility index (Phi) is 4.79. The zero-order valence-corrected chi connectivity index (χ0v) is 12.0. The molecule has 2 aromatic rings. The van der Waals surface area contributed by atoms with Gasteiger partial charge in [0.25, 0.3) is 5.91 Å². The molecule has 1 aromatic carbocycles. The number of nitrogen functional groups attached to an aromatic ring is 1. The van der Waals surface area contributed by atoms with E-state index < -0.39 is 0 Å². The zero-order valence-electron chi connectivity index (χ0n) is 11.2. The smallest absolute Gasteiger partial charge is 0.265 e. The number of aromatic amines is 1. The number of carbonyl (C=O) groups excluding carboxylic acids is 2. The summed E-state index contributed by atoms with van der Waals surface area (Å²) in [7, 11) is 0. The Morgan fingerprint density at radius 2 is 2.00 bits per heavy atom. The number of hydrazine groups is 2. The molecule has 0 aliphatic rings. The van der Waals surface area contributed by atoms with Gasteiger partial charge in [0.2, 0.25) is 5.91 Å². The fraction of sp³-hybridized carbons (Fsp3) is 0.231. The predicted molar refractivity (Wildman–Crippen MR) is 80.2 cm³/mol. The Bertz CT molecular complexity index is 682. The van der Waals surface area contributed by atoms with Crippen LogP contribution in [0, 0.1) is 0 Å². The minimum Gasteiger partial charge on any atom is -0.357 e. The first-order chi connectivity index (χ1) is 10.1. The molecule has 0 atom stereocenters. The summed E-state index contributed by atoms with van der Waals surface area (Å²) in [4.78, 5) is 25.8. The standard InChI is InChI=1S/C13H16ClN5O2/c14-12-8-6-7(13(21)19-16)4-5-9(8)17-10(12)2-1-3-11(20)18-15/h4-6,17H,1-3,15-16H2,(H,18,20)(H,19,21). The van der Waals surface area contributed by atoms with Gasteiger partial charge in [0.15, 0.2) is 0 Å². The minimum absolute atomic E-state index is 0.218. The third-order valence-corrected chi connectivity index (χ3v) is 3.62. The first-order valence-electron chi connectivity index (χ1n) is 6.37. The van der Waals surface area contributed by atoms with Crippen LogP contribution >= 0.6 is 11.6 Å². The summed E-state index contributed by atoms with van der Waals surface area (Å²) in [5, 5.41) is 1.29. The number of fused-ring (bicyclic) bond motifs is 1. The van der Waals surface area contributed by atoms with Gasteiger partial charge >= 0.3 is 0 Å². The Morgan fingerprint density at radius 1 is 1.24 bits per heavy atom. The Morgan fingerprint density at radius 3 is 2.67 bits per heavy atom. The fourth-order valence-electron chi connectivity index (χ4n) is 2.11. The number of nitrogens with one attached hydrogen (secondary N) is 3. The summed E-state index contributed by atoms with van der Waals surface area (Å²) in [5.41, 5.74) is 6.23. The van der Waals surface area contributed by atoms with Gasteiger partial charge in [-0.25, -0.2) is 11.7 Å². The van der Waals surface area contributed by atoms with Crippen LogP contribution in [0.3, 0.4) is 0 Å². The van der Waals surface area contributed by atoms with E-state index in [1.54, 1.807) is 18.2 Å². The van der Waals surface area contributed by atoms with Gasteiger partial charge in [-0.3, -0.25) is 20.4 Å². The Balaban J connectivity index is 2.20. The van der Waals surface area contributed by atoms with Gasteiger partial charge < -0.3 is 4.98 Å².